The number of nitrogens with one attached hydrogen (secondary N) is 1. The van der Waals surface area contributed by atoms with Gasteiger partial charge in [-0.1, -0.05) is 23.2 Å². The Morgan fingerprint density at radius 1 is 1.40 bits per heavy atom. The van der Waals surface area contributed by atoms with Gasteiger partial charge in [-0.05, 0) is 35.0 Å². The number of hydrogen-bond acceptors (Lipinski definition) is 3. The molecular weight excluding hydrogens is 365 g/mol. The average molecular weight is 379 g/mol. The van der Waals surface area contributed by atoms with Gasteiger partial charge in [-0.25, -0.2) is 4.98 Å². The summed E-state index contributed by atoms with van der Waals surface area (Å²) < 4.78 is 7.72. The molecular formula is C13H14BrCl2N3O. The van der Waals surface area contributed by atoms with E-state index < -0.39 is 0 Å². The highest BCUT2D eigenvalue weighted by atomic mass is 79.9. The Morgan fingerprint density at radius 3 is 2.85 bits per heavy atom. The minimum Gasteiger partial charge on any atom is -0.383 e. The molecule has 2 aromatic rings. The minimum atomic E-state index is 0.130. The molecule has 1 unspecified atom stereocenters. The van der Waals surface area contributed by atoms with Crippen LogP contribution in [0.25, 0.3) is 5.69 Å². The smallest absolute Gasteiger partial charge is 0.207 e. The van der Waals surface area contributed by atoms with E-state index in [-0.39, 0.29) is 6.04 Å². The van der Waals surface area contributed by atoms with Crippen LogP contribution in [0.2, 0.25) is 10.0 Å². The lowest BCUT2D eigenvalue weighted by atomic mass is 10.3. The fourth-order valence-corrected chi connectivity index (χ4v) is 2.68. The molecule has 0 saturated heterocycles. The fourth-order valence-electron chi connectivity index (χ4n) is 1.82. The second-order valence-electron chi connectivity index (χ2n) is 4.32. The van der Waals surface area contributed by atoms with Gasteiger partial charge in [0.15, 0.2) is 0 Å². The van der Waals surface area contributed by atoms with Gasteiger partial charge in [0, 0.05) is 30.0 Å². The number of benzene rings is 1. The summed E-state index contributed by atoms with van der Waals surface area (Å²) in [5.74, 6) is 0.690. The minimum absolute atomic E-state index is 0.130. The van der Waals surface area contributed by atoms with Crippen molar-refractivity contribution >= 4 is 45.1 Å². The van der Waals surface area contributed by atoms with Crippen LogP contribution in [0.5, 0.6) is 0 Å². The van der Waals surface area contributed by atoms with Crippen molar-refractivity contribution in [2.45, 2.75) is 13.0 Å². The standard InChI is InChI=1S/C13H14BrCl2N3O/c1-8(7-20-2)18-13-17-5-6-19(13)10-4-3-9(14)11(15)12(10)16/h3-6,8H,7H2,1-2H3,(H,17,18). The van der Waals surface area contributed by atoms with Crippen LogP contribution in [0.15, 0.2) is 29.0 Å². The molecule has 7 heteroatoms. The molecule has 0 aliphatic heterocycles. The molecule has 0 aliphatic rings. The van der Waals surface area contributed by atoms with Gasteiger partial charge in [0.05, 0.1) is 22.3 Å². The second kappa shape index (κ2) is 6.80. The zero-order valence-electron chi connectivity index (χ0n) is 11.0. The number of anilines is 1. The maximum Gasteiger partial charge on any atom is 0.207 e. The molecule has 0 aliphatic carbocycles. The van der Waals surface area contributed by atoms with Crippen molar-refractivity contribution in [1.82, 2.24) is 9.55 Å². The van der Waals surface area contributed by atoms with E-state index in [1.807, 2.05) is 29.8 Å². The van der Waals surface area contributed by atoms with Crippen molar-refractivity contribution < 1.29 is 4.74 Å². The van der Waals surface area contributed by atoms with Crippen molar-refractivity contribution in [1.29, 1.82) is 0 Å². The van der Waals surface area contributed by atoms with Gasteiger partial charge < -0.3 is 10.1 Å². The molecule has 108 valence electrons. The van der Waals surface area contributed by atoms with Gasteiger partial charge in [-0.15, -0.1) is 0 Å². The van der Waals surface area contributed by atoms with Crippen molar-refractivity contribution in [3.63, 3.8) is 0 Å². The highest BCUT2D eigenvalue weighted by molar-refractivity contribution is 9.10. The fraction of sp³-hybridized carbons (Fsp3) is 0.308. The zero-order chi connectivity index (χ0) is 14.7. The first-order valence-corrected chi connectivity index (χ1v) is 7.52. The molecule has 0 spiro atoms. The predicted octanol–water partition coefficient (Wildman–Crippen LogP) is 4.39. The van der Waals surface area contributed by atoms with E-state index in [0.29, 0.717) is 22.6 Å². The molecule has 1 N–H and O–H groups in total. The number of hydrogen-bond donors (Lipinski definition) is 1. The molecule has 0 fully saturated rings. The highest BCUT2D eigenvalue weighted by Crippen LogP contribution is 2.35. The van der Waals surface area contributed by atoms with Crippen LogP contribution in [0, 0.1) is 0 Å². The van der Waals surface area contributed by atoms with E-state index >= 15 is 0 Å². The molecule has 4 nitrogen and oxygen atoms in total. The molecule has 1 heterocycles. The molecule has 20 heavy (non-hydrogen) atoms. The summed E-state index contributed by atoms with van der Waals surface area (Å²) in [6.07, 6.45) is 3.53. The first kappa shape index (κ1) is 15.6. The Bertz CT molecular complexity index is 603. The average Bonchev–Trinajstić information content (AvgIpc) is 2.84. The van der Waals surface area contributed by atoms with Crippen LogP contribution in [0.4, 0.5) is 5.95 Å². The number of ether oxygens (including phenoxy) is 1. The summed E-state index contributed by atoms with van der Waals surface area (Å²) in [6.45, 7) is 2.60. The quantitative estimate of drug-likeness (QED) is 0.784. The SMILES string of the molecule is COCC(C)Nc1nccn1-c1ccc(Br)c(Cl)c1Cl. The van der Waals surface area contributed by atoms with E-state index in [9.17, 15) is 0 Å². The molecule has 2 rings (SSSR count). The molecule has 0 amide bonds. The summed E-state index contributed by atoms with van der Waals surface area (Å²) in [5, 5.41) is 4.22. The van der Waals surface area contributed by atoms with Crippen molar-refractivity contribution in [3.05, 3.63) is 39.0 Å². The first-order valence-electron chi connectivity index (χ1n) is 5.97. The van der Waals surface area contributed by atoms with Gasteiger partial charge in [0.2, 0.25) is 5.95 Å². The van der Waals surface area contributed by atoms with Crippen LogP contribution in [-0.2, 0) is 4.74 Å². The van der Waals surface area contributed by atoms with Crippen LogP contribution >= 0.6 is 39.1 Å². The summed E-state index contributed by atoms with van der Waals surface area (Å²) in [6, 6.07) is 3.86. The molecule has 0 saturated carbocycles. The summed E-state index contributed by atoms with van der Waals surface area (Å²) in [4.78, 5) is 4.29. The topological polar surface area (TPSA) is 39.1 Å². The van der Waals surface area contributed by atoms with Crippen molar-refractivity contribution in [2.24, 2.45) is 0 Å². The van der Waals surface area contributed by atoms with E-state index in [4.69, 9.17) is 27.9 Å². The monoisotopic (exact) mass is 377 g/mol. The Morgan fingerprint density at radius 2 is 2.15 bits per heavy atom. The number of imidazole rings is 1. The molecule has 1 atom stereocenters. The van der Waals surface area contributed by atoms with E-state index in [1.54, 1.807) is 13.3 Å². The summed E-state index contributed by atoms with van der Waals surface area (Å²) in [7, 11) is 1.66. The summed E-state index contributed by atoms with van der Waals surface area (Å²) in [5.41, 5.74) is 0.768. The molecule has 0 radical (unpaired) electrons. The number of rotatable bonds is 5. The third-order valence-corrected chi connectivity index (χ3v) is 4.47. The largest absolute Gasteiger partial charge is 0.383 e. The Hall–Kier alpha value is -0.750. The normalized spacial score (nSPS) is 12.4. The van der Waals surface area contributed by atoms with Crippen LogP contribution in [0.3, 0.4) is 0 Å². The highest BCUT2D eigenvalue weighted by Gasteiger charge is 2.14. The van der Waals surface area contributed by atoms with E-state index in [0.717, 1.165) is 10.2 Å². The number of aromatic nitrogens is 2. The second-order valence-corrected chi connectivity index (χ2v) is 5.93. The van der Waals surface area contributed by atoms with Crippen LogP contribution in [0.1, 0.15) is 6.92 Å². The first-order chi connectivity index (χ1) is 9.54. The Balaban J connectivity index is 2.35. The van der Waals surface area contributed by atoms with Gasteiger partial charge >= 0.3 is 0 Å². The van der Waals surface area contributed by atoms with E-state index in [2.05, 4.69) is 26.2 Å². The van der Waals surface area contributed by atoms with Gasteiger partial charge in [0.1, 0.15) is 0 Å². The number of nitrogens with zero attached hydrogens (tertiary/aromatic N) is 2. The third kappa shape index (κ3) is 3.28. The Kier molecular flexibility index (Phi) is 5.32. The summed E-state index contributed by atoms with van der Waals surface area (Å²) >= 11 is 15.8. The molecule has 1 aromatic heterocycles. The lowest BCUT2D eigenvalue weighted by Crippen LogP contribution is -2.22. The van der Waals surface area contributed by atoms with Crippen LogP contribution in [-0.4, -0.2) is 29.3 Å². The van der Waals surface area contributed by atoms with Gasteiger partial charge in [-0.2, -0.15) is 0 Å². The van der Waals surface area contributed by atoms with Crippen LogP contribution < -0.4 is 5.32 Å². The lowest BCUT2D eigenvalue weighted by molar-refractivity contribution is 0.190. The zero-order valence-corrected chi connectivity index (χ0v) is 14.1. The lowest BCUT2D eigenvalue weighted by Gasteiger charge is -2.16. The Labute approximate surface area is 136 Å². The number of halogens is 3. The van der Waals surface area contributed by atoms with Crippen molar-refractivity contribution in [3.8, 4) is 5.69 Å². The number of methoxy groups -OCH3 is 1. The molecule has 1 aromatic carbocycles. The maximum atomic E-state index is 6.30. The van der Waals surface area contributed by atoms with Crippen molar-refractivity contribution in [2.75, 3.05) is 19.0 Å². The van der Waals surface area contributed by atoms with Gasteiger partial charge in [0.25, 0.3) is 0 Å². The predicted molar refractivity (Wildman–Crippen MR) is 86.2 cm³/mol. The molecule has 0 bridgehead atoms. The maximum absolute atomic E-state index is 6.30. The van der Waals surface area contributed by atoms with Gasteiger partial charge in [-0.3, -0.25) is 4.57 Å². The van der Waals surface area contributed by atoms with E-state index in [1.165, 1.54) is 0 Å². The third-order valence-electron chi connectivity index (χ3n) is 2.71.